The third-order valence-electron chi connectivity index (χ3n) is 4.12. The lowest BCUT2D eigenvalue weighted by Crippen LogP contribution is -2.31. The van der Waals surface area contributed by atoms with Crippen LogP contribution < -0.4 is 4.74 Å². The van der Waals surface area contributed by atoms with E-state index in [9.17, 15) is 4.79 Å². The molecule has 1 amide bonds. The van der Waals surface area contributed by atoms with E-state index in [0.29, 0.717) is 6.42 Å². The third kappa shape index (κ3) is 3.22. The topological polar surface area (TPSA) is 55.6 Å². The van der Waals surface area contributed by atoms with E-state index in [1.165, 1.54) is 0 Å². The van der Waals surface area contributed by atoms with Crippen LogP contribution in [0.1, 0.15) is 28.0 Å². The molecule has 1 aliphatic rings. The van der Waals surface area contributed by atoms with Crippen LogP contribution in [0.25, 0.3) is 0 Å². The number of benzene rings is 1. The predicted octanol–water partition coefficient (Wildman–Crippen LogP) is 3.12. The molecule has 1 aromatic carbocycles. The van der Waals surface area contributed by atoms with Gasteiger partial charge in [0.1, 0.15) is 16.9 Å². The number of methoxy groups -OCH3 is 1. The molecule has 122 valence electrons. The van der Waals surface area contributed by atoms with Gasteiger partial charge in [-0.25, -0.2) is 0 Å². The number of thioether (sulfide) groups is 1. The number of carbonyl (C=O) groups excluding carboxylic acids is 1. The molecule has 1 saturated heterocycles. The smallest absolute Gasteiger partial charge is 0.228 e. The van der Waals surface area contributed by atoms with Crippen molar-refractivity contribution in [3.05, 3.63) is 46.8 Å². The molecule has 0 spiro atoms. The summed E-state index contributed by atoms with van der Waals surface area (Å²) in [7, 11) is 1.65. The van der Waals surface area contributed by atoms with Crippen LogP contribution in [-0.4, -0.2) is 35.4 Å². The number of ether oxygens (including phenoxy) is 1. The van der Waals surface area contributed by atoms with Gasteiger partial charge < -0.3 is 14.2 Å². The van der Waals surface area contributed by atoms with Crippen molar-refractivity contribution in [1.29, 1.82) is 0 Å². The Balaban J connectivity index is 1.76. The van der Waals surface area contributed by atoms with Crippen molar-refractivity contribution in [2.24, 2.45) is 0 Å². The van der Waals surface area contributed by atoms with Gasteiger partial charge in [0.25, 0.3) is 0 Å². The van der Waals surface area contributed by atoms with Gasteiger partial charge in [0, 0.05) is 17.9 Å². The maximum absolute atomic E-state index is 12.7. The molecule has 1 fully saturated rings. The van der Waals surface area contributed by atoms with E-state index in [-0.39, 0.29) is 11.3 Å². The molecule has 0 saturated carbocycles. The second kappa shape index (κ2) is 6.66. The molecule has 0 aliphatic carbocycles. The highest BCUT2D eigenvalue weighted by Crippen LogP contribution is 2.38. The molecule has 1 unspecified atom stereocenters. The zero-order valence-electron chi connectivity index (χ0n) is 13.5. The highest BCUT2D eigenvalue weighted by Gasteiger charge is 2.31. The quantitative estimate of drug-likeness (QED) is 0.861. The zero-order chi connectivity index (χ0) is 16.4. The minimum Gasteiger partial charge on any atom is -0.497 e. The van der Waals surface area contributed by atoms with E-state index in [1.54, 1.807) is 18.9 Å². The largest absolute Gasteiger partial charge is 0.497 e. The summed E-state index contributed by atoms with van der Waals surface area (Å²) in [5.41, 5.74) is 2.82. The van der Waals surface area contributed by atoms with Crippen molar-refractivity contribution in [3.8, 4) is 5.75 Å². The van der Waals surface area contributed by atoms with E-state index in [0.717, 1.165) is 40.6 Å². The fourth-order valence-electron chi connectivity index (χ4n) is 2.78. The molecule has 0 bridgehead atoms. The summed E-state index contributed by atoms with van der Waals surface area (Å²) in [6, 6.07) is 7.92. The van der Waals surface area contributed by atoms with Gasteiger partial charge in [0.2, 0.25) is 5.91 Å². The van der Waals surface area contributed by atoms with E-state index in [1.807, 2.05) is 43.0 Å². The van der Waals surface area contributed by atoms with Crippen LogP contribution >= 0.6 is 11.8 Å². The van der Waals surface area contributed by atoms with Crippen molar-refractivity contribution < 1.29 is 14.1 Å². The fourth-order valence-corrected chi connectivity index (χ4v) is 4.06. The van der Waals surface area contributed by atoms with Crippen LogP contribution in [0, 0.1) is 13.8 Å². The van der Waals surface area contributed by atoms with Gasteiger partial charge >= 0.3 is 0 Å². The monoisotopic (exact) mass is 332 g/mol. The molecule has 1 aliphatic heterocycles. The van der Waals surface area contributed by atoms with Gasteiger partial charge in [-0.3, -0.25) is 4.79 Å². The number of carbonyl (C=O) groups is 1. The molecule has 2 aromatic rings. The zero-order valence-corrected chi connectivity index (χ0v) is 14.4. The standard InChI is InChI=1S/C17H20N2O3S/c1-11-15(12(2)22-18-11)10-16(20)19-8-9-23-17(19)13-4-6-14(21-3)7-5-13/h4-7,17H,8-10H2,1-3H3. The summed E-state index contributed by atoms with van der Waals surface area (Å²) in [6.45, 7) is 4.49. The lowest BCUT2D eigenvalue weighted by atomic mass is 10.1. The van der Waals surface area contributed by atoms with Gasteiger partial charge in [0.15, 0.2) is 0 Å². The predicted molar refractivity (Wildman–Crippen MR) is 89.6 cm³/mol. The normalized spacial score (nSPS) is 17.5. The summed E-state index contributed by atoms with van der Waals surface area (Å²) in [5.74, 6) is 2.61. The van der Waals surface area contributed by atoms with Crippen molar-refractivity contribution in [2.45, 2.75) is 25.6 Å². The second-order valence-electron chi connectivity index (χ2n) is 5.56. The van der Waals surface area contributed by atoms with Crippen molar-refractivity contribution >= 4 is 17.7 Å². The lowest BCUT2D eigenvalue weighted by Gasteiger charge is -2.24. The average molecular weight is 332 g/mol. The maximum atomic E-state index is 12.7. The minimum absolute atomic E-state index is 0.0638. The molecule has 5 nitrogen and oxygen atoms in total. The number of aromatic nitrogens is 1. The number of nitrogens with zero attached hydrogens (tertiary/aromatic N) is 2. The summed E-state index contributed by atoms with van der Waals surface area (Å²) < 4.78 is 10.4. The number of hydrogen-bond acceptors (Lipinski definition) is 5. The summed E-state index contributed by atoms with van der Waals surface area (Å²) in [5, 5.41) is 3.99. The minimum atomic E-state index is 0.0638. The lowest BCUT2D eigenvalue weighted by molar-refractivity contribution is -0.130. The van der Waals surface area contributed by atoms with Crippen LogP contribution in [0.3, 0.4) is 0 Å². The Morgan fingerprint density at radius 2 is 2.13 bits per heavy atom. The molecule has 1 aromatic heterocycles. The second-order valence-corrected chi connectivity index (χ2v) is 6.75. The Hall–Kier alpha value is -1.95. The summed E-state index contributed by atoms with van der Waals surface area (Å²) in [6.07, 6.45) is 0.342. The Morgan fingerprint density at radius 1 is 1.39 bits per heavy atom. The summed E-state index contributed by atoms with van der Waals surface area (Å²) >= 11 is 1.79. The molecule has 0 N–H and O–H groups in total. The molecule has 1 atom stereocenters. The first-order valence-electron chi connectivity index (χ1n) is 7.57. The van der Waals surface area contributed by atoms with Gasteiger partial charge in [-0.2, -0.15) is 0 Å². The average Bonchev–Trinajstić information content (AvgIpc) is 3.17. The molecular formula is C17H20N2O3S. The van der Waals surface area contributed by atoms with E-state index < -0.39 is 0 Å². The van der Waals surface area contributed by atoms with Gasteiger partial charge in [0.05, 0.1) is 19.2 Å². The first-order chi connectivity index (χ1) is 11.1. The first-order valence-corrected chi connectivity index (χ1v) is 8.62. The van der Waals surface area contributed by atoms with Crippen LogP contribution in [0.5, 0.6) is 5.75 Å². The van der Waals surface area contributed by atoms with Crippen LogP contribution in [0.2, 0.25) is 0 Å². The van der Waals surface area contributed by atoms with Crippen molar-refractivity contribution in [1.82, 2.24) is 10.1 Å². The molecule has 0 radical (unpaired) electrons. The van der Waals surface area contributed by atoms with Crippen molar-refractivity contribution in [3.63, 3.8) is 0 Å². The Morgan fingerprint density at radius 3 is 2.74 bits per heavy atom. The van der Waals surface area contributed by atoms with E-state index in [4.69, 9.17) is 9.26 Å². The number of aryl methyl sites for hydroxylation is 2. The fraction of sp³-hybridized carbons (Fsp3) is 0.412. The molecule has 6 heteroatoms. The van der Waals surface area contributed by atoms with Gasteiger partial charge in [-0.15, -0.1) is 11.8 Å². The van der Waals surface area contributed by atoms with Crippen molar-refractivity contribution in [2.75, 3.05) is 19.4 Å². The SMILES string of the molecule is COc1ccc(C2SCCN2C(=O)Cc2c(C)noc2C)cc1. The van der Waals surface area contributed by atoms with Crippen LogP contribution in [0.15, 0.2) is 28.8 Å². The van der Waals surface area contributed by atoms with Gasteiger partial charge in [-0.05, 0) is 31.5 Å². The van der Waals surface area contributed by atoms with Gasteiger partial charge in [-0.1, -0.05) is 17.3 Å². The van der Waals surface area contributed by atoms with Crippen LogP contribution in [0.4, 0.5) is 0 Å². The summed E-state index contributed by atoms with van der Waals surface area (Å²) in [4.78, 5) is 14.7. The molecule has 3 rings (SSSR count). The molecular weight excluding hydrogens is 312 g/mol. The number of rotatable bonds is 4. The number of amides is 1. The highest BCUT2D eigenvalue weighted by molar-refractivity contribution is 7.99. The number of hydrogen-bond donors (Lipinski definition) is 0. The Bertz CT molecular complexity index is 677. The Kier molecular flexibility index (Phi) is 4.61. The molecule has 2 heterocycles. The van der Waals surface area contributed by atoms with E-state index in [2.05, 4.69) is 5.16 Å². The first kappa shape index (κ1) is 15.9. The third-order valence-corrected chi connectivity index (χ3v) is 5.38. The molecule has 23 heavy (non-hydrogen) atoms. The van der Waals surface area contributed by atoms with E-state index >= 15 is 0 Å². The van der Waals surface area contributed by atoms with Crippen LogP contribution in [-0.2, 0) is 11.2 Å². The maximum Gasteiger partial charge on any atom is 0.228 e. The highest BCUT2D eigenvalue weighted by atomic mass is 32.2. The Labute approximate surface area is 140 Å².